The molecule has 3 heteroatoms. The van der Waals surface area contributed by atoms with Gasteiger partial charge in [0, 0.05) is 6.42 Å². The highest BCUT2D eigenvalue weighted by Gasteiger charge is 2.59. The van der Waals surface area contributed by atoms with E-state index in [4.69, 9.17) is 0 Å². The number of halogens is 1. The van der Waals surface area contributed by atoms with Gasteiger partial charge in [0.05, 0.1) is 9.68 Å². The van der Waals surface area contributed by atoms with Crippen molar-refractivity contribution in [3.8, 4) is 0 Å². The lowest BCUT2D eigenvalue weighted by atomic mass is 9.47. The highest BCUT2D eigenvalue weighted by atomic mass is 127. The quantitative estimate of drug-likeness (QED) is 0.587. The number of ketones is 1. The minimum atomic E-state index is -0.0868. The molecule has 0 aromatic rings. The molecular weight excluding hydrogens is 387 g/mol. The molecule has 0 bridgehead atoms. The van der Waals surface area contributed by atoms with E-state index >= 15 is 0 Å². The zero-order valence-electron chi connectivity index (χ0n) is 13.7. The Morgan fingerprint density at radius 1 is 1.05 bits per heavy atom. The zero-order valence-corrected chi connectivity index (χ0v) is 15.9. The van der Waals surface area contributed by atoms with E-state index in [9.17, 15) is 9.90 Å². The average molecular weight is 414 g/mol. The molecular formula is C19H27IO2. The monoisotopic (exact) mass is 414 g/mol. The lowest BCUT2D eigenvalue weighted by molar-refractivity contribution is -0.118. The van der Waals surface area contributed by atoms with Crippen LogP contribution in [0.5, 0.6) is 0 Å². The number of fused-ring (bicyclic) bond motifs is 5. The number of aliphatic hydroxyl groups excluding tert-OH is 1. The molecule has 4 aliphatic carbocycles. The van der Waals surface area contributed by atoms with Gasteiger partial charge in [-0.15, -0.1) is 0 Å². The van der Waals surface area contributed by atoms with Crippen LogP contribution in [0.15, 0.2) is 9.15 Å². The third-order valence-corrected chi connectivity index (χ3v) is 9.26. The Morgan fingerprint density at radius 2 is 1.82 bits per heavy atom. The SMILES string of the molecule is C[C@]12CC[C@H]3[C@@H](CCC4=C(I)C(=O)CC[C@@]43C)[C@@H]1CC[C@@H]2O. The van der Waals surface area contributed by atoms with Crippen molar-refractivity contribution >= 4 is 28.4 Å². The maximum Gasteiger partial charge on any atom is 0.168 e. The molecule has 4 aliphatic rings. The van der Waals surface area contributed by atoms with Gasteiger partial charge in [0.1, 0.15) is 0 Å². The van der Waals surface area contributed by atoms with Gasteiger partial charge in [0.2, 0.25) is 0 Å². The maximum atomic E-state index is 12.1. The molecule has 0 aromatic carbocycles. The third-order valence-electron chi connectivity index (χ3n) is 8.00. The van der Waals surface area contributed by atoms with Crippen molar-refractivity contribution in [2.45, 2.75) is 71.3 Å². The van der Waals surface area contributed by atoms with Crippen LogP contribution in [0.3, 0.4) is 0 Å². The summed E-state index contributed by atoms with van der Waals surface area (Å²) >= 11 is 2.32. The fourth-order valence-corrected chi connectivity index (χ4v) is 7.78. The van der Waals surface area contributed by atoms with Gasteiger partial charge in [-0.3, -0.25) is 4.79 Å². The molecule has 3 fully saturated rings. The predicted molar refractivity (Wildman–Crippen MR) is 95.7 cm³/mol. The summed E-state index contributed by atoms with van der Waals surface area (Å²) in [4.78, 5) is 12.1. The van der Waals surface area contributed by atoms with Crippen LogP contribution in [0.25, 0.3) is 0 Å². The van der Waals surface area contributed by atoms with Crippen LogP contribution in [-0.2, 0) is 4.79 Å². The van der Waals surface area contributed by atoms with Gasteiger partial charge in [0.25, 0.3) is 0 Å². The Labute approximate surface area is 147 Å². The van der Waals surface area contributed by atoms with Crippen LogP contribution in [0, 0.1) is 28.6 Å². The minimum absolute atomic E-state index is 0.0868. The minimum Gasteiger partial charge on any atom is -0.393 e. The summed E-state index contributed by atoms with van der Waals surface area (Å²) in [5, 5.41) is 10.5. The van der Waals surface area contributed by atoms with Crippen LogP contribution in [0.2, 0.25) is 0 Å². The highest BCUT2D eigenvalue weighted by Crippen LogP contribution is 2.65. The molecule has 0 saturated heterocycles. The van der Waals surface area contributed by atoms with Gasteiger partial charge in [0.15, 0.2) is 5.78 Å². The first-order chi connectivity index (χ1) is 10.4. The Morgan fingerprint density at radius 3 is 2.59 bits per heavy atom. The van der Waals surface area contributed by atoms with E-state index in [1.54, 1.807) is 0 Å². The van der Waals surface area contributed by atoms with Crippen molar-refractivity contribution in [2.24, 2.45) is 28.6 Å². The first-order valence-electron chi connectivity index (χ1n) is 8.98. The van der Waals surface area contributed by atoms with Gasteiger partial charge in [-0.2, -0.15) is 0 Å². The van der Waals surface area contributed by atoms with Crippen molar-refractivity contribution in [1.82, 2.24) is 0 Å². The zero-order chi connectivity index (χ0) is 15.7. The van der Waals surface area contributed by atoms with Gasteiger partial charge < -0.3 is 5.11 Å². The summed E-state index contributed by atoms with van der Waals surface area (Å²) in [6, 6.07) is 0. The van der Waals surface area contributed by atoms with Gasteiger partial charge >= 0.3 is 0 Å². The largest absolute Gasteiger partial charge is 0.393 e. The lowest BCUT2D eigenvalue weighted by Crippen LogP contribution is -2.51. The summed E-state index contributed by atoms with van der Waals surface area (Å²) in [7, 11) is 0. The van der Waals surface area contributed by atoms with Crippen LogP contribution in [0.1, 0.15) is 65.2 Å². The van der Waals surface area contributed by atoms with Crippen LogP contribution >= 0.6 is 22.6 Å². The van der Waals surface area contributed by atoms with E-state index in [2.05, 4.69) is 36.4 Å². The summed E-state index contributed by atoms with van der Waals surface area (Å²) in [6.07, 6.45) is 8.69. The molecule has 22 heavy (non-hydrogen) atoms. The number of aliphatic hydroxyl groups is 1. The average Bonchev–Trinajstić information content (AvgIpc) is 2.79. The van der Waals surface area contributed by atoms with Gasteiger partial charge in [-0.1, -0.05) is 13.8 Å². The lowest BCUT2D eigenvalue weighted by Gasteiger charge is -2.58. The van der Waals surface area contributed by atoms with Crippen molar-refractivity contribution < 1.29 is 9.90 Å². The molecule has 0 spiro atoms. The predicted octanol–water partition coefficient (Wildman–Crippen LogP) is 4.64. The number of carbonyl (C=O) groups excluding carboxylic acids is 1. The number of hydrogen-bond acceptors (Lipinski definition) is 2. The number of Topliss-reactive ketones (excluding diaryl/α,β-unsaturated/α-hetero) is 1. The Hall–Kier alpha value is 0.1000. The number of carbonyl (C=O) groups is 1. The van der Waals surface area contributed by atoms with E-state index in [-0.39, 0.29) is 16.9 Å². The molecule has 1 N–H and O–H groups in total. The Bertz CT molecular complexity index is 554. The highest BCUT2D eigenvalue weighted by molar-refractivity contribution is 14.1. The van der Waals surface area contributed by atoms with E-state index in [0.717, 1.165) is 41.1 Å². The molecule has 2 nitrogen and oxygen atoms in total. The first-order valence-corrected chi connectivity index (χ1v) is 10.1. The fraction of sp³-hybridized carbons (Fsp3) is 0.842. The molecule has 0 amide bonds. The second-order valence-electron chi connectivity index (χ2n) is 8.69. The smallest absolute Gasteiger partial charge is 0.168 e. The normalized spacial score (nSPS) is 51.4. The van der Waals surface area contributed by atoms with Crippen molar-refractivity contribution in [3.05, 3.63) is 9.15 Å². The Balaban J connectivity index is 1.72. The first kappa shape index (κ1) is 15.6. The van der Waals surface area contributed by atoms with Crippen LogP contribution in [0.4, 0.5) is 0 Å². The van der Waals surface area contributed by atoms with Crippen LogP contribution < -0.4 is 0 Å². The molecule has 3 saturated carbocycles. The van der Waals surface area contributed by atoms with E-state index < -0.39 is 0 Å². The number of rotatable bonds is 0. The van der Waals surface area contributed by atoms with Crippen LogP contribution in [-0.4, -0.2) is 17.0 Å². The second kappa shape index (κ2) is 5.05. The Kier molecular flexibility index (Phi) is 3.58. The van der Waals surface area contributed by atoms with Gasteiger partial charge in [-0.05, 0) is 102 Å². The second-order valence-corrected chi connectivity index (χ2v) is 9.77. The summed E-state index contributed by atoms with van der Waals surface area (Å²) in [6.45, 7) is 4.78. The number of hydrogen-bond donors (Lipinski definition) is 1. The molecule has 0 aliphatic heterocycles. The topological polar surface area (TPSA) is 37.3 Å². The summed E-state index contributed by atoms with van der Waals surface area (Å²) in [5.41, 5.74) is 1.89. The fourth-order valence-electron chi connectivity index (χ4n) is 6.62. The maximum absolute atomic E-state index is 12.1. The summed E-state index contributed by atoms with van der Waals surface area (Å²) in [5.74, 6) is 2.58. The molecule has 6 atom stereocenters. The van der Waals surface area contributed by atoms with Crippen molar-refractivity contribution in [1.29, 1.82) is 0 Å². The third kappa shape index (κ3) is 1.90. The standard InChI is InChI=1S/C19H27IO2/c1-18-10-8-15(21)17(20)14(18)4-3-11-12-5-6-16(22)19(12,2)9-7-13(11)18/h11-13,16,22H,3-10H2,1-2H3/t11-,12-,13-,16-,18+,19-/m0/s1. The molecule has 4 rings (SSSR count). The van der Waals surface area contributed by atoms with Crippen molar-refractivity contribution in [3.63, 3.8) is 0 Å². The summed E-state index contributed by atoms with van der Waals surface area (Å²) < 4.78 is 1.06. The van der Waals surface area contributed by atoms with E-state index in [1.807, 2.05) is 0 Å². The molecule has 0 heterocycles. The van der Waals surface area contributed by atoms with Gasteiger partial charge in [-0.25, -0.2) is 0 Å². The van der Waals surface area contributed by atoms with Crippen molar-refractivity contribution in [2.75, 3.05) is 0 Å². The number of allylic oxidation sites excluding steroid dienone is 1. The molecule has 122 valence electrons. The molecule has 0 radical (unpaired) electrons. The van der Waals surface area contributed by atoms with E-state index in [0.29, 0.717) is 11.7 Å². The molecule has 0 unspecified atom stereocenters. The van der Waals surface area contributed by atoms with E-state index in [1.165, 1.54) is 31.3 Å². The molecule has 0 aromatic heterocycles.